The first-order chi connectivity index (χ1) is 14.3. The van der Waals surface area contributed by atoms with E-state index in [4.69, 9.17) is 0 Å². The molecule has 0 aliphatic carbocycles. The van der Waals surface area contributed by atoms with Crippen LogP contribution in [0.3, 0.4) is 0 Å². The fourth-order valence-electron chi connectivity index (χ4n) is 2.99. The van der Waals surface area contributed by atoms with Crippen molar-refractivity contribution in [2.75, 3.05) is 11.1 Å². The van der Waals surface area contributed by atoms with Crippen molar-refractivity contribution in [3.8, 4) is 0 Å². The zero-order chi connectivity index (χ0) is 21.7. The van der Waals surface area contributed by atoms with Gasteiger partial charge in [0.15, 0.2) is 15.0 Å². The molecule has 1 amide bonds. The molecule has 0 aliphatic heterocycles. The van der Waals surface area contributed by atoms with Gasteiger partial charge in [0.05, 0.1) is 10.6 Å². The van der Waals surface area contributed by atoms with Crippen molar-refractivity contribution < 1.29 is 13.2 Å². The average Bonchev–Trinajstić information content (AvgIpc) is 3.07. The molecule has 0 bridgehead atoms. The summed E-state index contributed by atoms with van der Waals surface area (Å²) in [6, 6.07) is 14.2. The Bertz CT molecular complexity index is 1140. The molecule has 3 rings (SSSR count). The van der Waals surface area contributed by atoms with Gasteiger partial charge in [0.2, 0.25) is 5.91 Å². The van der Waals surface area contributed by atoms with E-state index >= 15 is 0 Å². The number of rotatable bonds is 8. The molecule has 0 fully saturated rings. The molecule has 0 saturated heterocycles. The molecule has 2 aromatic carbocycles. The molecule has 1 aromatic heterocycles. The number of hydrogen-bond acceptors (Lipinski definition) is 6. The molecule has 0 aliphatic rings. The SMILES string of the molecule is CCc1cccc(C)c1NC(=O)CSc1nnc(CS(=O)(=O)c2ccccc2)n1C. The Morgan fingerprint density at radius 2 is 1.83 bits per heavy atom. The molecule has 30 heavy (non-hydrogen) atoms. The highest BCUT2D eigenvalue weighted by Gasteiger charge is 2.20. The van der Waals surface area contributed by atoms with E-state index in [9.17, 15) is 13.2 Å². The topological polar surface area (TPSA) is 94.0 Å². The summed E-state index contributed by atoms with van der Waals surface area (Å²) in [5.74, 6) is 0.0741. The number of para-hydroxylation sites is 1. The van der Waals surface area contributed by atoms with Crippen LogP contribution in [0.2, 0.25) is 0 Å². The van der Waals surface area contributed by atoms with Crippen LogP contribution in [-0.2, 0) is 33.9 Å². The van der Waals surface area contributed by atoms with E-state index in [1.165, 1.54) is 11.8 Å². The number of aryl methyl sites for hydroxylation is 2. The lowest BCUT2D eigenvalue weighted by Crippen LogP contribution is -2.16. The Labute approximate surface area is 180 Å². The molecular formula is C21H24N4O3S2. The van der Waals surface area contributed by atoms with Gasteiger partial charge in [0.25, 0.3) is 0 Å². The maximum Gasteiger partial charge on any atom is 0.234 e. The molecule has 0 saturated carbocycles. The number of hydrogen-bond donors (Lipinski definition) is 1. The van der Waals surface area contributed by atoms with Gasteiger partial charge in [-0.15, -0.1) is 10.2 Å². The highest BCUT2D eigenvalue weighted by Crippen LogP contribution is 2.23. The fraction of sp³-hybridized carbons (Fsp3) is 0.286. The van der Waals surface area contributed by atoms with Gasteiger partial charge in [0.1, 0.15) is 11.6 Å². The molecule has 0 spiro atoms. The summed E-state index contributed by atoms with van der Waals surface area (Å²) in [6.07, 6.45) is 0.826. The number of amides is 1. The van der Waals surface area contributed by atoms with E-state index in [1.807, 2.05) is 32.0 Å². The molecule has 9 heteroatoms. The standard InChI is InChI=1S/C21H24N4O3S2/c1-4-16-10-8-9-15(2)20(16)22-19(26)13-29-21-24-23-18(25(21)3)14-30(27,28)17-11-6-5-7-12-17/h5-12H,4,13-14H2,1-3H3,(H,22,26). The zero-order valence-electron chi connectivity index (χ0n) is 17.1. The third-order valence-electron chi connectivity index (χ3n) is 4.68. The second-order valence-electron chi connectivity index (χ2n) is 6.83. The minimum absolute atomic E-state index is 0.148. The number of aromatic nitrogens is 3. The van der Waals surface area contributed by atoms with E-state index in [0.717, 1.165) is 23.2 Å². The van der Waals surface area contributed by atoms with Gasteiger partial charge >= 0.3 is 0 Å². The quantitative estimate of drug-likeness (QED) is 0.535. The first-order valence-corrected chi connectivity index (χ1v) is 12.1. The summed E-state index contributed by atoms with van der Waals surface area (Å²) >= 11 is 1.22. The average molecular weight is 445 g/mol. The van der Waals surface area contributed by atoms with Crippen LogP contribution in [0.4, 0.5) is 5.69 Å². The van der Waals surface area contributed by atoms with E-state index in [-0.39, 0.29) is 22.3 Å². The monoisotopic (exact) mass is 444 g/mol. The summed E-state index contributed by atoms with van der Waals surface area (Å²) in [6.45, 7) is 4.01. The van der Waals surface area contributed by atoms with Crippen LogP contribution in [-0.4, -0.2) is 34.8 Å². The van der Waals surface area contributed by atoms with Crippen LogP contribution in [0.1, 0.15) is 23.9 Å². The summed E-state index contributed by atoms with van der Waals surface area (Å²) in [5, 5.41) is 11.5. The van der Waals surface area contributed by atoms with Crippen molar-refractivity contribution in [1.82, 2.24) is 14.8 Å². The van der Waals surface area contributed by atoms with Crippen LogP contribution in [0, 0.1) is 6.92 Å². The molecule has 7 nitrogen and oxygen atoms in total. The van der Waals surface area contributed by atoms with Crippen molar-refractivity contribution in [1.29, 1.82) is 0 Å². The first kappa shape index (κ1) is 22.0. The molecule has 1 heterocycles. The Hall–Kier alpha value is -2.65. The van der Waals surface area contributed by atoms with Gasteiger partial charge in [-0.2, -0.15) is 0 Å². The summed E-state index contributed by atoms with van der Waals surface area (Å²) in [4.78, 5) is 12.7. The number of anilines is 1. The van der Waals surface area contributed by atoms with Gasteiger partial charge in [-0.05, 0) is 36.6 Å². The highest BCUT2D eigenvalue weighted by molar-refractivity contribution is 7.99. The third-order valence-corrected chi connectivity index (χ3v) is 7.33. The Balaban J connectivity index is 1.65. The lowest BCUT2D eigenvalue weighted by atomic mass is 10.1. The van der Waals surface area contributed by atoms with Gasteiger partial charge in [0, 0.05) is 12.7 Å². The summed E-state index contributed by atoms with van der Waals surface area (Å²) in [5.41, 5.74) is 2.94. The van der Waals surface area contributed by atoms with Crippen molar-refractivity contribution in [2.24, 2.45) is 7.05 Å². The number of sulfone groups is 1. The molecule has 3 aromatic rings. The molecular weight excluding hydrogens is 420 g/mol. The van der Waals surface area contributed by atoms with Gasteiger partial charge in [-0.3, -0.25) is 4.79 Å². The highest BCUT2D eigenvalue weighted by atomic mass is 32.2. The third kappa shape index (κ3) is 5.09. The number of nitrogens with zero attached hydrogens (tertiary/aromatic N) is 3. The number of benzene rings is 2. The van der Waals surface area contributed by atoms with Crippen LogP contribution in [0.25, 0.3) is 0 Å². The van der Waals surface area contributed by atoms with Crippen molar-refractivity contribution in [3.63, 3.8) is 0 Å². The summed E-state index contributed by atoms with van der Waals surface area (Å²) < 4.78 is 26.8. The normalized spacial score (nSPS) is 11.4. The van der Waals surface area contributed by atoms with Crippen LogP contribution in [0.5, 0.6) is 0 Å². The maximum absolute atomic E-state index is 12.6. The minimum atomic E-state index is -3.52. The Morgan fingerprint density at radius 3 is 2.53 bits per heavy atom. The van der Waals surface area contributed by atoms with Gasteiger partial charge < -0.3 is 9.88 Å². The molecule has 0 unspecified atom stereocenters. The fourth-order valence-corrected chi connectivity index (χ4v) is 5.04. The second-order valence-corrected chi connectivity index (χ2v) is 9.76. The zero-order valence-corrected chi connectivity index (χ0v) is 18.8. The lowest BCUT2D eigenvalue weighted by Gasteiger charge is -2.12. The van der Waals surface area contributed by atoms with E-state index in [2.05, 4.69) is 15.5 Å². The Kier molecular flexibility index (Phi) is 6.94. The molecule has 0 atom stereocenters. The maximum atomic E-state index is 12.6. The van der Waals surface area contributed by atoms with Gasteiger partial charge in [-0.25, -0.2) is 8.42 Å². The number of carbonyl (C=O) groups excluding carboxylic acids is 1. The van der Waals surface area contributed by atoms with Crippen molar-refractivity contribution >= 4 is 33.2 Å². The molecule has 1 N–H and O–H groups in total. The van der Waals surface area contributed by atoms with Crippen molar-refractivity contribution in [3.05, 3.63) is 65.5 Å². The van der Waals surface area contributed by atoms with Crippen molar-refractivity contribution in [2.45, 2.75) is 36.1 Å². The second kappa shape index (κ2) is 9.44. The van der Waals surface area contributed by atoms with E-state index in [0.29, 0.717) is 11.0 Å². The van der Waals surface area contributed by atoms with Crippen LogP contribution < -0.4 is 5.32 Å². The lowest BCUT2D eigenvalue weighted by molar-refractivity contribution is -0.113. The van der Waals surface area contributed by atoms with Crippen LogP contribution >= 0.6 is 11.8 Å². The van der Waals surface area contributed by atoms with E-state index < -0.39 is 9.84 Å². The minimum Gasteiger partial charge on any atom is -0.325 e. The predicted octanol–water partition coefficient (Wildman–Crippen LogP) is 3.39. The van der Waals surface area contributed by atoms with Gasteiger partial charge in [-0.1, -0.05) is 55.1 Å². The van der Waals surface area contributed by atoms with E-state index in [1.54, 1.807) is 41.9 Å². The smallest absolute Gasteiger partial charge is 0.234 e. The molecule has 0 radical (unpaired) electrons. The molecule has 158 valence electrons. The number of nitrogens with one attached hydrogen (secondary N) is 1. The Morgan fingerprint density at radius 1 is 1.10 bits per heavy atom. The largest absolute Gasteiger partial charge is 0.325 e. The number of carbonyl (C=O) groups is 1. The number of thioether (sulfide) groups is 1. The predicted molar refractivity (Wildman–Crippen MR) is 118 cm³/mol. The first-order valence-electron chi connectivity index (χ1n) is 9.49. The summed E-state index contributed by atoms with van der Waals surface area (Å²) in [7, 11) is -1.82. The van der Waals surface area contributed by atoms with Crippen LogP contribution in [0.15, 0.2) is 58.6 Å².